The number of benzene rings is 2. The van der Waals surface area contributed by atoms with Gasteiger partial charge in [0, 0.05) is 28.9 Å². The molecule has 0 saturated carbocycles. The summed E-state index contributed by atoms with van der Waals surface area (Å²) in [7, 11) is 1.59. The van der Waals surface area contributed by atoms with Crippen LogP contribution >= 0.6 is 11.6 Å². The lowest BCUT2D eigenvalue weighted by atomic mass is 10.1. The molecule has 28 heavy (non-hydrogen) atoms. The summed E-state index contributed by atoms with van der Waals surface area (Å²) < 4.78 is 5.32. The van der Waals surface area contributed by atoms with Crippen LogP contribution in [-0.4, -0.2) is 36.9 Å². The smallest absolute Gasteiger partial charge is 0.247 e. The highest BCUT2D eigenvalue weighted by Gasteiger charge is 2.14. The zero-order chi connectivity index (χ0) is 20.7. The first kappa shape index (κ1) is 21.5. The molecule has 2 aromatic carbocycles. The normalized spacial score (nSPS) is 10.8. The fourth-order valence-electron chi connectivity index (χ4n) is 2.69. The highest BCUT2D eigenvalue weighted by atomic mass is 35.5. The number of anilines is 1. The molecule has 2 rings (SSSR count). The van der Waals surface area contributed by atoms with Crippen molar-refractivity contribution in [2.24, 2.45) is 0 Å². The van der Waals surface area contributed by atoms with Gasteiger partial charge in [-0.05, 0) is 56.7 Å². The maximum atomic E-state index is 12.5. The summed E-state index contributed by atoms with van der Waals surface area (Å²) in [4.78, 5) is 26.4. The van der Waals surface area contributed by atoms with Gasteiger partial charge in [0.2, 0.25) is 11.8 Å². The second kappa shape index (κ2) is 9.95. The molecule has 0 unspecified atom stereocenters. The predicted octanol–water partition coefficient (Wildman–Crippen LogP) is 4.47. The van der Waals surface area contributed by atoms with Crippen molar-refractivity contribution < 1.29 is 14.3 Å². The number of amides is 2. The first-order valence-corrected chi connectivity index (χ1v) is 9.39. The van der Waals surface area contributed by atoms with Gasteiger partial charge in [0.25, 0.3) is 0 Å². The molecule has 0 saturated heterocycles. The lowest BCUT2D eigenvalue weighted by Crippen LogP contribution is -2.37. The van der Waals surface area contributed by atoms with E-state index < -0.39 is 0 Å². The van der Waals surface area contributed by atoms with Crippen molar-refractivity contribution >= 4 is 35.2 Å². The van der Waals surface area contributed by atoms with Gasteiger partial charge in [-0.25, -0.2) is 0 Å². The Morgan fingerprint density at radius 2 is 1.93 bits per heavy atom. The van der Waals surface area contributed by atoms with Crippen LogP contribution in [0.2, 0.25) is 5.02 Å². The monoisotopic (exact) mass is 400 g/mol. The van der Waals surface area contributed by atoms with Gasteiger partial charge in [-0.15, -0.1) is 0 Å². The third-order valence-electron chi connectivity index (χ3n) is 4.29. The van der Waals surface area contributed by atoms with Crippen molar-refractivity contribution in [1.29, 1.82) is 0 Å². The molecule has 0 aliphatic rings. The van der Waals surface area contributed by atoms with Gasteiger partial charge in [-0.3, -0.25) is 9.59 Å². The van der Waals surface area contributed by atoms with E-state index >= 15 is 0 Å². The molecular weight excluding hydrogens is 376 g/mol. The van der Waals surface area contributed by atoms with Crippen molar-refractivity contribution in [3.63, 3.8) is 0 Å². The van der Waals surface area contributed by atoms with Gasteiger partial charge in [-0.1, -0.05) is 29.3 Å². The number of hydrogen-bond acceptors (Lipinski definition) is 3. The number of carbonyl (C=O) groups excluding carboxylic acids is 2. The molecule has 0 bridgehead atoms. The molecule has 0 aliphatic carbocycles. The second-order valence-electron chi connectivity index (χ2n) is 6.44. The Bertz CT molecular complexity index is 893. The number of hydrogen-bond donors (Lipinski definition) is 1. The average molecular weight is 401 g/mol. The van der Waals surface area contributed by atoms with Gasteiger partial charge in [-0.2, -0.15) is 0 Å². The number of carbonyl (C=O) groups is 2. The molecule has 6 heteroatoms. The highest BCUT2D eigenvalue weighted by molar-refractivity contribution is 6.31. The molecule has 2 aromatic rings. The Hall–Kier alpha value is -2.79. The summed E-state index contributed by atoms with van der Waals surface area (Å²) in [5, 5.41) is 3.35. The molecule has 0 aliphatic heterocycles. The van der Waals surface area contributed by atoms with E-state index in [9.17, 15) is 9.59 Å². The average Bonchev–Trinajstić information content (AvgIpc) is 2.67. The number of methoxy groups -OCH3 is 1. The second-order valence-corrected chi connectivity index (χ2v) is 6.88. The lowest BCUT2D eigenvalue weighted by Gasteiger charge is -2.19. The molecule has 0 fully saturated rings. The third-order valence-corrected chi connectivity index (χ3v) is 4.53. The molecule has 0 spiro atoms. The quantitative estimate of drug-likeness (QED) is 0.698. The minimum absolute atomic E-state index is 0.0451. The van der Waals surface area contributed by atoms with Gasteiger partial charge in [0.05, 0.1) is 7.11 Å². The van der Waals surface area contributed by atoms with Crippen molar-refractivity contribution in [1.82, 2.24) is 4.90 Å². The van der Waals surface area contributed by atoms with E-state index in [1.807, 2.05) is 45.0 Å². The van der Waals surface area contributed by atoms with Crippen LogP contribution in [0.5, 0.6) is 5.75 Å². The van der Waals surface area contributed by atoms with E-state index in [4.69, 9.17) is 16.3 Å². The van der Waals surface area contributed by atoms with Crippen LogP contribution in [0.3, 0.4) is 0 Å². The number of halogens is 1. The first-order valence-electron chi connectivity index (χ1n) is 9.01. The fraction of sp³-hybridized carbons (Fsp3) is 0.273. The topological polar surface area (TPSA) is 58.6 Å². The van der Waals surface area contributed by atoms with Crippen LogP contribution in [0.25, 0.3) is 6.08 Å². The summed E-state index contributed by atoms with van der Waals surface area (Å²) in [6.07, 6.45) is 3.16. The highest BCUT2D eigenvalue weighted by Crippen LogP contribution is 2.21. The fourth-order valence-corrected chi connectivity index (χ4v) is 2.86. The molecule has 0 aromatic heterocycles. The molecule has 0 heterocycles. The number of likely N-dealkylation sites (N-methyl/N-ethyl adjacent to an activating group) is 1. The Kier molecular flexibility index (Phi) is 7.64. The molecule has 0 radical (unpaired) electrons. The minimum Gasteiger partial charge on any atom is -0.496 e. The van der Waals surface area contributed by atoms with Crippen LogP contribution in [-0.2, 0) is 9.59 Å². The summed E-state index contributed by atoms with van der Waals surface area (Å²) in [6, 6.07) is 11.0. The zero-order valence-corrected chi connectivity index (χ0v) is 17.3. The maximum absolute atomic E-state index is 12.5. The molecule has 2 amide bonds. The Morgan fingerprint density at radius 1 is 1.18 bits per heavy atom. The van der Waals surface area contributed by atoms with E-state index in [2.05, 4.69) is 5.32 Å². The third kappa shape index (κ3) is 5.86. The standard InChI is InChI=1S/C22H25ClN2O3/c1-5-25(14-21(26)24-19-13-18(23)9-7-16(19)3)22(27)11-8-17-12-15(2)6-10-20(17)28-4/h6-13H,5,14H2,1-4H3,(H,24,26). The summed E-state index contributed by atoms with van der Waals surface area (Å²) in [5.41, 5.74) is 3.42. The van der Waals surface area contributed by atoms with Gasteiger partial charge in [0.15, 0.2) is 0 Å². The van der Waals surface area contributed by atoms with E-state index in [1.54, 1.807) is 25.3 Å². The summed E-state index contributed by atoms with van der Waals surface area (Å²) >= 11 is 5.98. The SMILES string of the molecule is CCN(CC(=O)Nc1cc(Cl)ccc1C)C(=O)C=Cc1cc(C)ccc1OC. The van der Waals surface area contributed by atoms with E-state index in [1.165, 1.54) is 11.0 Å². The molecule has 148 valence electrons. The molecule has 5 nitrogen and oxygen atoms in total. The number of nitrogens with zero attached hydrogens (tertiary/aromatic N) is 1. The summed E-state index contributed by atoms with van der Waals surface area (Å²) in [5.74, 6) is 0.165. The van der Waals surface area contributed by atoms with Crippen LogP contribution < -0.4 is 10.1 Å². The minimum atomic E-state index is -0.276. The van der Waals surface area contributed by atoms with E-state index in [-0.39, 0.29) is 18.4 Å². The van der Waals surface area contributed by atoms with Crippen LogP contribution in [0.1, 0.15) is 23.6 Å². The molecule has 0 atom stereocenters. The lowest BCUT2D eigenvalue weighted by molar-refractivity contribution is -0.130. The largest absolute Gasteiger partial charge is 0.496 e. The molecule has 1 N–H and O–H groups in total. The van der Waals surface area contributed by atoms with Crippen LogP contribution in [0.15, 0.2) is 42.5 Å². The number of aryl methyl sites for hydroxylation is 2. The maximum Gasteiger partial charge on any atom is 0.247 e. The van der Waals surface area contributed by atoms with Gasteiger partial charge >= 0.3 is 0 Å². The first-order chi connectivity index (χ1) is 13.3. The Balaban J connectivity index is 2.06. The Morgan fingerprint density at radius 3 is 2.61 bits per heavy atom. The van der Waals surface area contributed by atoms with Gasteiger partial charge < -0.3 is 15.0 Å². The Labute approximate surface area is 170 Å². The summed E-state index contributed by atoms with van der Waals surface area (Å²) in [6.45, 7) is 6.05. The number of nitrogens with one attached hydrogen (secondary N) is 1. The van der Waals surface area contributed by atoms with Gasteiger partial charge in [0.1, 0.15) is 12.3 Å². The number of ether oxygens (including phenoxy) is 1. The zero-order valence-electron chi connectivity index (χ0n) is 16.6. The van der Waals surface area contributed by atoms with Crippen molar-refractivity contribution in [2.45, 2.75) is 20.8 Å². The van der Waals surface area contributed by atoms with Crippen molar-refractivity contribution in [2.75, 3.05) is 25.5 Å². The van der Waals surface area contributed by atoms with Crippen LogP contribution in [0, 0.1) is 13.8 Å². The molecular formula is C22H25ClN2O3. The van der Waals surface area contributed by atoms with Crippen molar-refractivity contribution in [3.05, 3.63) is 64.2 Å². The van der Waals surface area contributed by atoms with E-state index in [0.29, 0.717) is 23.0 Å². The predicted molar refractivity (Wildman–Crippen MR) is 114 cm³/mol. The van der Waals surface area contributed by atoms with Crippen LogP contribution in [0.4, 0.5) is 5.69 Å². The van der Waals surface area contributed by atoms with E-state index in [0.717, 1.165) is 16.7 Å². The number of rotatable bonds is 7. The van der Waals surface area contributed by atoms with Crippen molar-refractivity contribution in [3.8, 4) is 5.75 Å².